The SMILES string of the molecule is CCC[C@H](O)C[C@@H]1CCCc2ccccc21. The third kappa shape index (κ3) is 2.65. The van der Waals surface area contributed by atoms with Crippen molar-refractivity contribution >= 4 is 0 Å². The van der Waals surface area contributed by atoms with Gasteiger partial charge in [-0.2, -0.15) is 0 Å². The molecule has 1 N–H and O–H groups in total. The van der Waals surface area contributed by atoms with Crippen LogP contribution in [0.2, 0.25) is 0 Å². The minimum atomic E-state index is -0.110. The maximum absolute atomic E-state index is 9.93. The van der Waals surface area contributed by atoms with Gasteiger partial charge in [0.2, 0.25) is 0 Å². The molecule has 0 unspecified atom stereocenters. The molecule has 0 bridgehead atoms. The van der Waals surface area contributed by atoms with Gasteiger partial charge in [0.15, 0.2) is 0 Å². The van der Waals surface area contributed by atoms with Gasteiger partial charge in [0.1, 0.15) is 0 Å². The average Bonchev–Trinajstić information content (AvgIpc) is 2.30. The van der Waals surface area contributed by atoms with Crippen molar-refractivity contribution in [1.29, 1.82) is 0 Å². The Labute approximate surface area is 98.5 Å². The molecule has 1 aromatic rings. The van der Waals surface area contributed by atoms with E-state index in [2.05, 4.69) is 31.2 Å². The zero-order valence-corrected chi connectivity index (χ0v) is 10.2. The molecule has 1 aliphatic carbocycles. The summed E-state index contributed by atoms with van der Waals surface area (Å²) in [6.45, 7) is 2.14. The number of aliphatic hydroxyl groups excluding tert-OH is 1. The zero-order valence-electron chi connectivity index (χ0n) is 10.2. The van der Waals surface area contributed by atoms with E-state index in [1.807, 2.05) is 0 Å². The molecule has 0 heterocycles. The number of hydrogen-bond acceptors (Lipinski definition) is 1. The molecule has 0 aliphatic heterocycles. The van der Waals surface area contributed by atoms with Gasteiger partial charge < -0.3 is 5.11 Å². The van der Waals surface area contributed by atoms with E-state index in [0.717, 1.165) is 19.3 Å². The normalized spacial score (nSPS) is 21.5. The van der Waals surface area contributed by atoms with Crippen molar-refractivity contribution in [1.82, 2.24) is 0 Å². The summed E-state index contributed by atoms with van der Waals surface area (Å²) in [6, 6.07) is 8.75. The molecule has 1 aliphatic rings. The summed E-state index contributed by atoms with van der Waals surface area (Å²) >= 11 is 0. The fourth-order valence-corrected chi connectivity index (χ4v) is 2.88. The molecular formula is C15H22O. The number of aliphatic hydroxyl groups is 1. The summed E-state index contributed by atoms with van der Waals surface area (Å²) in [7, 11) is 0. The van der Waals surface area contributed by atoms with Crippen molar-refractivity contribution < 1.29 is 5.11 Å². The number of fused-ring (bicyclic) bond motifs is 1. The molecule has 0 aromatic heterocycles. The third-order valence-electron chi connectivity index (χ3n) is 3.67. The number of benzene rings is 1. The van der Waals surface area contributed by atoms with Gasteiger partial charge in [-0.1, -0.05) is 37.6 Å². The fraction of sp³-hybridized carbons (Fsp3) is 0.600. The van der Waals surface area contributed by atoms with Crippen LogP contribution in [-0.2, 0) is 6.42 Å². The van der Waals surface area contributed by atoms with Gasteiger partial charge in [0.05, 0.1) is 6.10 Å². The van der Waals surface area contributed by atoms with Crippen molar-refractivity contribution in [2.24, 2.45) is 0 Å². The molecular weight excluding hydrogens is 196 g/mol. The van der Waals surface area contributed by atoms with Crippen LogP contribution in [0.3, 0.4) is 0 Å². The van der Waals surface area contributed by atoms with Gasteiger partial charge in [0, 0.05) is 0 Å². The van der Waals surface area contributed by atoms with Gasteiger partial charge in [-0.25, -0.2) is 0 Å². The van der Waals surface area contributed by atoms with Gasteiger partial charge in [-0.3, -0.25) is 0 Å². The van der Waals surface area contributed by atoms with Gasteiger partial charge >= 0.3 is 0 Å². The van der Waals surface area contributed by atoms with E-state index in [0.29, 0.717) is 5.92 Å². The molecule has 0 saturated carbocycles. The number of rotatable bonds is 4. The van der Waals surface area contributed by atoms with Crippen LogP contribution in [0, 0.1) is 0 Å². The Bertz CT molecular complexity index is 332. The first-order valence-corrected chi connectivity index (χ1v) is 6.57. The summed E-state index contributed by atoms with van der Waals surface area (Å²) in [6.07, 6.45) is 6.61. The van der Waals surface area contributed by atoms with Gasteiger partial charge in [-0.05, 0) is 49.1 Å². The first kappa shape index (κ1) is 11.7. The zero-order chi connectivity index (χ0) is 11.4. The molecule has 88 valence electrons. The van der Waals surface area contributed by atoms with Crippen LogP contribution in [0.5, 0.6) is 0 Å². The Balaban J connectivity index is 2.07. The van der Waals surface area contributed by atoms with E-state index in [-0.39, 0.29) is 6.10 Å². The van der Waals surface area contributed by atoms with Crippen LogP contribution in [-0.4, -0.2) is 11.2 Å². The lowest BCUT2D eigenvalue weighted by Crippen LogP contribution is -2.16. The number of hydrogen-bond donors (Lipinski definition) is 1. The highest BCUT2D eigenvalue weighted by molar-refractivity contribution is 5.32. The molecule has 2 rings (SSSR count). The monoisotopic (exact) mass is 218 g/mol. The minimum Gasteiger partial charge on any atom is -0.393 e. The summed E-state index contributed by atoms with van der Waals surface area (Å²) in [4.78, 5) is 0. The van der Waals surface area contributed by atoms with E-state index < -0.39 is 0 Å². The Hall–Kier alpha value is -0.820. The van der Waals surface area contributed by atoms with Crippen molar-refractivity contribution in [3.05, 3.63) is 35.4 Å². The molecule has 1 aromatic carbocycles. The second-order valence-corrected chi connectivity index (χ2v) is 4.97. The second-order valence-electron chi connectivity index (χ2n) is 4.97. The summed E-state index contributed by atoms with van der Waals surface area (Å²) in [5, 5.41) is 9.93. The molecule has 0 spiro atoms. The van der Waals surface area contributed by atoms with E-state index in [4.69, 9.17) is 0 Å². The minimum absolute atomic E-state index is 0.110. The molecule has 1 nitrogen and oxygen atoms in total. The van der Waals surface area contributed by atoms with E-state index in [1.54, 1.807) is 0 Å². The fourth-order valence-electron chi connectivity index (χ4n) is 2.88. The third-order valence-corrected chi connectivity index (χ3v) is 3.67. The smallest absolute Gasteiger partial charge is 0.0546 e. The van der Waals surface area contributed by atoms with E-state index in [1.165, 1.54) is 30.4 Å². The van der Waals surface area contributed by atoms with Crippen molar-refractivity contribution in [2.75, 3.05) is 0 Å². The van der Waals surface area contributed by atoms with Gasteiger partial charge in [0.25, 0.3) is 0 Å². The quantitative estimate of drug-likeness (QED) is 0.817. The molecule has 0 fully saturated rings. The predicted octanol–water partition coefficient (Wildman–Crippen LogP) is 3.66. The summed E-state index contributed by atoms with van der Waals surface area (Å²) in [5.74, 6) is 0.589. The molecule has 0 radical (unpaired) electrons. The lowest BCUT2D eigenvalue weighted by atomic mass is 9.79. The topological polar surface area (TPSA) is 20.2 Å². The lowest BCUT2D eigenvalue weighted by molar-refractivity contribution is 0.141. The van der Waals surface area contributed by atoms with E-state index >= 15 is 0 Å². The van der Waals surface area contributed by atoms with Crippen LogP contribution >= 0.6 is 0 Å². The second kappa shape index (κ2) is 5.49. The Morgan fingerprint density at radius 1 is 1.38 bits per heavy atom. The highest BCUT2D eigenvalue weighted by Crippen LogP contribution is 2.35. The molecule has 0 amide bonds. The predicted molar refractivity (Wildman–Crippen MR) is 67.7 cm³/mol. The molecule has 2 atom stereocenters. The maximum Gasteiger partial charge on any atom is 0.0546 e. The van der Waals surface area contributed by atoms with Crippen LogP contribution < -0.4 is 0 Å². The van der Waals surface area contributed by atoms with Gasteiger partial charge in [-0.15, -0.1) is 0 Å². The first-order chi connectivity index (χ1) is 7.81. The molecule has 1 heteroatoms. The van der Waals surface area contributed by atoms with Crippen molar-refractivity contribution in [3.8, 4) is 0 Å². The molecule has 16 heavy (non-hydrogen) atoms. The first-order valence-electron chi connectivity index (χ1n) is 6.57. The van der Waals surface area contributed by atoms with Crippen molar-refractivity contribution in [3.63, 3.8) is 0 Å². The molecule has 0 saturated heterocycles. The van der Waals surface area contributed by atoms with Crippen molar-refractivity contribution in [2.45, 2.75) is 57.5 Å². The lowest BCUT2D eigenvalue weighted by Gasteiger charge is -2.27. The Morgan fingerprint density at radius 3 is 3.00 bits per heavy atom. The summed E-state index contributed by atoms with van der Waals surface area (Å²) in [5.41, 5.74) is 2.99. The van der Waals surface area contributed by atoms with Crippen LogP contribution in [0.1, 0.15) is 56.1 Å². The van der Waals surface area contributed by atoms with Crippen LogP contribution in [0.4, 0.5) is 0 Å². The van der Waals surface area contributed by atoms with E-state index in [9.17, 15) is 5.11 Å². The Kier molecular flexibility index (Phi) is 4.00. The Morgan fingerprint density at radius 2 is 2.19 bits per heavy atom. The number of aryl methyl sites for hydroxylation is 1. The average molecular weight is 218 g/mol. The van der Waals surface area contributed by atoms with Crippen LogP contribution in [0.25, 0.3) is 0 Å². The standard InChI is InChI=1S/C15H22O/c1-2-6-14(16)11-13-9-5-8-12-7-3-4-10-15(12)13/h3-4,7,10,13-14,16H,2,5-6,8-9,11H2,1H3/t13-,14-/m0/s1. The maximum atomic E-state index is 9.93. The highest BCUT2D eigenvalue weighted by Gasteiger charge is 2.21. The highest BCUT2D eigenvalue weighted by atomic mass is 16.3. The largest absolute Gasteiger partial charge is 0.393 e. The summed E-state index contributed by atoms with van der Waals surface area (Å²) < 4.78 is 0. The van der Waals surface area contributed by atoms with Crippen LogP contribution in [0.15, 0.2) is 24.3 Å².